The summed E-state index contributed by atoms with van der Waals surface area (Å²) in [4.78, 5) is 29.5. The summed E-state index contributed by atoms with van der Waals surface area (Å²) in [7, 11) is 1.85. The molecule has 0 radical (unpaired) electrons. The molecule has 1 heterocycles. The third kappa shape index (κ3) is 4.65. The smallest absolute Gasteiger partial charge is 0.255 e. The molecule has 0 unspecified atom stereocenters. The first-order valence-corrected chi connectivity index (χ1v) is 9.63. The zero-order valence-corrected chi connectivity index (χ0v) is 16.1. The molecule has 0 bridgehead atoms. The Morgan fingerprint density at radius 3 is 2.32 bits per heavy atom. The second kappa shape index (κ2) is 9.29. The van der Waals surface area contributed by atoms with E-state index in [4.69, 9.17) is 0 Å². The van der Waals surface area contributed by atoms with Crippen molar-refractivity contribution < 1.29 is 9.59 Å². The molecule has 1 aliphatic carbocycles. The van der Waals surface area contributed by atoms with Gasteiger partial charge in [0.25, 0.3) is 5.91 Å². The number of carbonyl (C=O) groups excluding carboxylic acids is 2. The van der Waals surface area contributed by atoms with Gasteiger partial charge in [-0.05, 0) is 62.1 Å². The second-order valence-electron chi connectivity index (χ2n) is 7.05. The van der Waals surface area contributed by atoms with E-state index in [0.29, 0.717) is 18.5 Å². The van der Waals surface area contributed by atoms with E-state index >= 15 is 0 Å². The third-order valence-corrected chi connectivity index (χ3v) is 5.26. The van der Waals surface area contributed by atoms with Gasteiger partial charge in [0.1, 0.15) is 6.29 Å². The van der Waals surface area contributed by atoms with Gasteiger partial charge in [0, 0.05) is 49.1 Å². The minimum absolute atomic E-state index is 0.0193. The normalized spacial score (nSPS) is 14.8. The molecule has 3 rings (SSSR count). The van der Waals surface area contributed by atoms with Gasteiger partial charge in [0.05, 0.1) is 5.66 Å². The van der Waals surface area contributed by atoms with Crippen molar-refractivity contribution in [3.8, 4) is 11.8 Å². The summed E-state index contributed by atoms with van der Waals surface area (Å²) in [5.41, 5.74) is 2.04. The molecular weight excluding hydrogens is 350 g/mol. The average molecular weight is 375 g/mol. The van der Waals surface area contributed by atoms with Crippen LogP contribution in [-0.4, -0.2) is 41.3 Å². The van der Waals surface area contributed by atoms with Crippen molar-refractivity contribution in [2.24, 2.45) is 0 Å². The number of aromatic nitrogens is 1. The molecule has 1 amide bonds. The molecule has 5 nitrogen and oxygen atoms in total. The highest BCUT2D eigenvalue weighted by Gasteiger charge is 2.39. The van der Waals surface area contributed by atoms with Crippen LogP contribution in [0.1, 0.15) is 53.6 Å². The van der Waals surface area contributed by atoms with E-state index in [0.717, 1.165) is 43.1 Å². The van der Waals surface area contributed by atoms with Crippen molar-refractivity contribution in [3.63, 3.8) is 0 Å². The fourth-order valence-corrected chi connectivity index (χ4v) is 3.62. The predicted molar refractivity (Wildman–Crippen MR) is 109 cm³/mol. The van der Waals surface area contributed by atoms with Crippen LogP contribution in [0, 0.1) is 11.8 Å². The van der Waals surface area contributed by atoms with Crippen molar-refractivity contribution >= 4 is 12.2 Å². The molecule has 0 atom stereocenters. The Morgan fingerprint density at radius 2 is 1.71 bits per heavy atom. The molecule has 1 aromatic heterocycles. The van der Waals surface area contributed by atoms with E-state index in [-0.39, 0.29) is 11.6 Å². The summed E-state index contributed by atoms with van der Waals surface area (Å²) in [6.45, 7) is 0.588. The lowest BCUT2D eigenvalue weighted by Crippen LogP contribution is -2.57. The number of pyridine rings is 1. The number of nitrogens with zero attached hydrogens (tertiary/aromatic N) is 2. The van der Waals surface area contributed by atoms with Gasteiger partial charge in [-0.1, -0.05) is 11.8 Å². The number of rotatable bonds is 6. The van der Waals surface area contributed by atoms with E-state index in [2.05, 4.69) is 22.1 Å². The van der Waals surface area contributed by atoms with Crippen LogP contribution in [0.4, 0.5) is 0 Å². The lowest BCUT2D eigenvalue weighted by molar-refractivity contribution is -0.107. The first-order valence-electron chi connectivity index (χ1n) is 9.63. The average Bonchev–Trinajstić information content (AvgIpc) is 3.22. The van der Waals surface area contributed by atoms with Crippen LogP contribution in [0.3, 0.4) is 0 Å². The maximum atomic E-state index is 13.0. The summed E-state index contributed by atoms with van der Waals surface area (Å²) in [5.74, 6) is 6.17. The van der Waals surface area contributed by atoms with Crippen LogP contribution in [0.5, 0.6) is 0 Å². The maximum Gasteiger partial charge on any atom is 0.255 e. The predicted octanol–water partition coefficient (Wildman–Crippen LogP) is 3.00. The molecule has 28 heavy (non-hydrogen) atoms. The number of aldehydes is 1. The molecule has 1 saturated carbocycles. The van der Waals surface area contributed by atoms with Crippen LogP contribution in [0.2, 0.25) is 0 Å². The Labute approximate surface area is 166 Å². The lowest BCUT2D eigenvalue weighted by Gasteiger charge is -2.40. The second-order valence-corrected chi connectivity index (χ2v) is 7.05. The molecule has 0 saturated heterocycles. The summed E-state index contributed by atoms with van der Waals surface area (Å²) in [5, 5.41) is 3.44. The summed E-state index contributed by atoms with van der Waals surface area (Å²) >= 11 is 0. The number of hydrogen-bond acceptors (Lipinski definition) is 4. The fourth-order valence-electron chi connectivity index (χ4n) is 3.62. The number of nitrogens with one attached hydrogen (secondary N) is 1. The molecule has 5 heteroatoms. The molecule has 1 aromatic carbocycles. The van der Waals surface area contributed by atoms with Crippen molar-refractivity contribution in [2.75, 3.05) is 13.6 Å². The van der Waals surface area contributed by atoms with E-state index in [1.807, 2.05) is 48.3 Å². The van der Waals surface area contributed by atoms with E-state index in [9.17, 15) is 9.59 Å². The van der Waals surface area contributed by atoms with E-state index in [1.165, 1.54) is 0 Å². The highest BCUT2D eigenvalue weighted by atomic mass is 16.2. The van der Waals surface area contributed by atoms with Gasteiger partial charge in [0.15, 0.2) is 0 Å². The number of hydrogen-bond donors (Lipinski definition) is 1. The highest BCUT2D eigenvalue weighted by Crippen LogP contribution is 2.33. The van der Waals surface area contributed by atoms with Crippen LogP contribution < -0.4 is 5.32 Å². The zero-order chi connectivity index (χ0) is 19.8. The Hall–Kier alpha value is -2.97. The first kappa shape index (κ1) is 19.8. The Morgan fingerprint density at radius 1 is 1.11 bits per heavy atom. The monoisotopic (exact) mass is 375 g/mol. The van der Waals surface area contributed by atoms with Crippen molar-refractivity contribution in [2.45, 2.75) is 37.8 Å². The van der Waals surface area contributed by atoms with Gasteiger partial charge in [-0.3, -0.25) is 15.1 Å². The van der Waals surface area contributed by atoms with Crippen LogP contribution in [0.15, 0.2) is 48.8 Å². The standard InChI is InChI=1S/C23H25N3O2/c1-26(23(13-2-3-14-23)25-15-4-18-27)22(28)21-9-7-19(8-10-21)5-6-20-11-16-24-17-12-20/h7-12,16-18,25H,2-4,13-15H2,1H3. The van der Waals surface area contributed by atoms with Crippen molar-refractivity contribution in [3.05, 3.63) is 65.5 Å². The topological polar surface area (TPSA) is 62.3 Å². The van der Waals surface area contributed by atoms with E-state index in [1.54, 1.807) is 12.4 Å². The quantitative estimate of drug-likeness (QED) is 0.365. The molecule has 0 aliphatic heterocycles. The fraction of sp³-hybridized carbons (Fsp3) is 0.348. The number of amides is 1. The molecular formula is C23H25N3O2. The Balaban J connectivity index is 1.71. The molecule has 1 fully saturated rings. The minimum Gasteiger partial charge on any atom is -0.323 e. The molecule has 0 spiro atoms. The Kier molecular flexibility index (Phi) is 6.57. The lowest BCUT2D eigenvalue weighted by atomic mass is 10.0. The summed E-state index contributed by atoms with van der Waals surface area (Å²) in [6, 6.07) is 11.1. The van der Waals surface area contributed by atoms with Gasteiger partial charge < -0.3 is 9.69 Å². The zero-order valence-electron chi connectivity index (χ0n) is 16.1. The third-order valence-electron chi connectivity index (χ3n) is 5.26. The van der Waals surface area contributed by atoms with Crippen molar-refractivity contribution in [1.29, 1.82) is 0 Å². The van der Waals surface area contributed by atoms with Crippen molar-refractivity contribution in [1.82, 2.24) is 15.2 Å². The minimum atomic E-state index is -0.361. The van der Waals surface area contributed by atoms with E-state index < -0.39 is 0 Å². The molecule has 1 aliphatic rings. The molecule has 1 N–H and O–H groups in total. The SMILES string of the molecule is CN(C(=O)c1ccc(C#Cc2ccncc2)cc1)C1(NCCC=O)CCCC1. The summed E-state index contributed by atoms with van der Waals surface area (Å²) < 4.78 is 0. The first-order chi connectivity index (χ1) is 13.6. The maximum absolute atomic E-state index is 13.0. The van der Waals surface area contributed by atoms with Crippen LogP contribution in [-0.2, 0) is 4.79 Å². The number of carbonyl (C=O) groups is 2. The van der Waals surface area contributed by atoms with Gasteiger partial charge >= 0.3 is 0 Å². The summed E-state index contributed by atoms with van der Waals surface area (Å²) in [6.07, 6.45) is 8.75. The van der Waals surface area contributed by atoms with Gasteiger partial charge in [0.2, 0.25) is 0 Å². The highest BCUT2D eigenvalue weighted by molar-refractivity contribution is 5.94. The van der Waals surface area contributed by atoms with Crippen LogP contribution >= 0.6 is 0 Å². The Bertz CT molecular complexity index is 860. The van der Waals surface area contributed by atoms with Gasteiger partial charge in [-0.15, -0.1) is 0 Å². The largest absolute Gasteiger partial charge is 0.323 e. The molecule has 2 aromatic rings. The van der Waals surface area contributed by atoms with Gasteiger partial charge in [-0.25, -0.2) is 0 Å². The number of benzene rings is 1. The van der Waals surface area contributed by atoms with Crippen LogP contribution in [0.25, 0.3) is 0 Å². The van der Waals surface area contributed by atoms with Gasteiger partial charge in [-0.2, -0.15) is 0 Å². The molecule has 144 valence electrons.